The van der Waals surface area contributed by atoms with Gasteiger partial charge in [0.2, 0.25) is 0 Å². The quantitative estimate of drug-likeness (QED) is 0.801. The largest absolute Gasteiger partial charge is 0.441 e. The van der Waals surface area contributed by atoms with E-state index >= 15 is 0 Å². The van der Waals surface area contributed by atoms with Crippen molar-refractivity contribution in [1.82, 2.24) is 4.98 Å². The van der Waals surface area contributed by atoms with E-state index in [-0.39, 0.29) is 29.1 Å². The summed E-state index contributed by atoms with van der Waals surface area (Å²) in [6, 6.07) is 1.47. The Kier molecular flexibility index (Phi) is 5.68. The lowest BCUT2D eigenvalue weighted by atomic mass is 10.4. The summed E-state index contributed by atoms with van der Waals surface area (Å²) >= 11 is 11.6. The number of hydrogen-bond donors (Lipinski definition) is 2. The number of nitrogens with one attached hydrogen (secondary N) is 2. The average Bonchev–Trinajstić information content (AvgIpc) is 2.25. The maximum atomic E-state index is 11.9. The van der Waals surface area contributed by atoms with Gasteiger partial charge in [-0.3, -0.25) is 0 Å². The van der Waals surface area contributed by atoms with Gasteiger partial charge in [0.25, 0.3) is 0 Å². The van der Waals surface area contributed by atoms with E-state index in [2.05, 4.69) is 15.6 Å². The summed E-state index contributed by atoms with van der Waals surface area (Å²) in [6.07, 6.45) is 0. The van der Waals surface area contributed by atoms with E-state index in [1.807, 2.05) is 0 Å². The molecule has 0 radical (unpaired) electrons. The van der Waals surface area contributed by atoms with Gasteiger partial charge in [-0.2, -0.15) is 13.2 Å². The number of aromatic nitrogens is 1. The van der Waals surface area contributed by atoms with Crippen LogP contribution in [0.5, 0.6) is 0 Å². The highest BCUT2D eigenvalue weighted by atomic mass is 35.5. The fourth-order valence-corrected chi connectivity index (χ4v) is 2.06. The summed E-state index contributed by atoms with van der Waals surface area (Å²) in [5.74, 6) is 0.583. The Morgan fingerprint density at radius 3 is 2.44 bits per heavy atom. The molecular weight excluding hydrogens is 310 g/mol. The van der Waals surface area contributed by atoms with Crippen molar-refractivity contribution in [1.29, 1.82) is 0 Å². The number of nitrogens with zero attached hydrogens (tertiary/aromatic N) is 1. The van der Waals surface area contributed by atoms with Crippen LogP contribution in [0.4, 0.5) is 24.8 Å². The molecule has 0 saturated heterocycles. The van der Waals surface area contributed by atoms with Gasteiger partial charge in [0, 0.05) is 19.3 Å². The number of thioether (sulfide) groups is 1. The first kappa shape index (κ1) is 15.5. The highest BCUT2D eigenvalue weighted by Crippen LogP contribution is 2.31. The summed E-state index contributed by atoms with van der Waals surface area (Å²) in [6.45, 7) is 0.0989. The Balaban J connectivity index is 2.57. The van der Waals surface area contributed by atoms with E-state index in [0.29, 0.717) is 16.7 Å². The summed E-state index contributed by atoms with van der Waals surface area (Å²) in [5, 5.41) is 6.08. The molecule has 0 aromatic carbocycles. The van der Waals surface area contributed by atoms with Gasteiger partial charge < -0.3 is 10.6 Å². The Hall–Kier alpha value is -0.530. The summed E-state index contributed by atoms with van der Waals surface area (Å²) in [5.41, 5.74) is -4.23. The molecule has 1 rings (SSSR count). The van der Waals surface area contributed by atoms with E-state index in [1.165, 1.54) is 6.07 Å². The van der Waals surface area contributed by atoms with E-state index in [1.54, 1.807) is 7.05 Å². The molecule has 0 unspecified atom stereocenters. The molecule has 102 valence electrons. The summed E-state index contributed by atoms with van der Waals surface area (Å²) in [4.78, 5) is 4.05. The van der Waals surface area contributed by atoms with Crippen LogP contribution < -0.4 is 10.6 Å². The van der Waals surface area contributed by atoms with Gasteiger partial charge in [-0.25, -0.2) is 4.98 Å². The SMILES string of the molecule is CNc1nc(NCCSC(F)(F)F)c(Cl)cc1Cl. The second-order valence-corrected chi connectivity index (χ2v) is 5.09. The topological polar surface area (TPSA) is 37.0 Å². The van der Waals surface area contributed by atoms with Gasteiger partial charge in [0.15, 0.2) is 0 Å². The molecule has 1 heterocycles. The first-order valence-electron chi connectivity index (χ1n) is 4.82. The number of anilines is 2. The maximum absolute atomic E-state index is 11.9. The van der Waals surface area contributed by atoms with Crippen LogP contribution in [-0.2, 0) is 0 Å². The minimum atomic E-state index is -4.23. The molecule has 18 heavy (non-hydrogen) atoms. The molecule has 0 saturated carbocycles. The van der Waals surface area contributed by atoms with E-state index < -0.39 is 5.51 Å². The fourth-order valence-electron chi connectivity index (χ4n) is 1.10. The third kappa shape index (κ3) is 4.99. The fraction of sp³-hybridized carbons (Fsp3) is 0.444. The van der Waals surface area contributed by atoms with Gasteiger partial charge in [0.1, 0.15) is 11.6 Å². The van der Waals surface area contributed by atoms with Crippen molar-refractivity contribution in [3.05, 3.63) is 16.1 Å². The third-order valence-corrected chi connectivity index (χ3v) is 3.14. The molecule has 0 spiro atoms. The van der Waals surface area contributed by atoms with E-state index in [0.717, 1.165) is 0 Å². The molecule has 0 aliphatic heterocycles. The highest BCUT2D eigenvalue weighted by molar-refractivity contribution is 8.00. The number of hydrogen-bond acceptors (Lipinski definition) is 4. The first-order valence-corrected chi connectivity index (χ1v) is 6.56. The molecule has 0 fully saturated rings. The van der Waals surface area contributed by atoms with Gasteiger partial charge in [0.05, 0.1) is 10.0 Å². The molecule has 0 aliphatic carbocycles. The second kappa shape index (κ2) is 6.58. The van der Waals surface area contributed by atoms with E-state index in [9.17, 15) is 13.2 Å². The molecule has 1 aromatic heterocycles. The van der Waals surface area contributed by atoms with Crippen LogP contribution in [0.2, 0.25) is 10.0 Å². The molecule has 1 aromatic rings. The van der Waals surface area contributed by atoms with Crippen LogP contribution in [0.1, 0.15) is 0 Å². The van der Waals surface area contributed by atoms with Crippen molar-refractivity contribution < 1.29 is 13.2 Å². The number of halogens is 5. The molecule has 3 nitrogen and oxygen atoms in total. The van der Waals surface area contributed by atoms with E-state index in [4.69, 9.17) is 23.2 Å². The average molecular weight is 320 g/mol. The smallest absolute Gasteiger partial charge is 0.372 e. The second-order valence-electron chi connectivity index (χ2n) is 3.12. The van der Waals surface area contributed by atoms with Crippen molar-refractivity contribution >= 4 is 46.6 Å². The van der Waals surface area contributed by atoms with Crippen LogP contribution in [0, 0.1) is 0 Å². The zero-order valence-corrected chi connectivity index (χ0v) is 11.6. The zero-order valence-electron chi connectivity index (χ0n) is 9.24. The molecule has 0 aliphatic rings. The Morgan fingerprint density at radius 1 is 1.28 bits per heavy atom. The Bertz CT molecular complexity index is 415. The van der Waals surface area contributed by atoms with Crippen LogP contribution in [0.15, 0.2) is 6.07 Å². The van der Waals surface area contributed by atoms with Gasteiger partial charge in [-0.15, -0.1) is 0 Å². The van der Waals surface area contributed by atoms with Crippen LogP contribution >= 0.6 is 35.0 Å². The molecule has 2 N–H and O–H groups in total. The number of alkyl halides is 3. The minimum Gasteiger partial charge on any atom is -0.372 e. The van der Waals surface area contributed by atoms with Crippen molar-refractivity contribution in [2.45, 2.75) is 5.51 Å². The standard InChI is InChI=1S/C9H10Cl2F3N3S/c1-15-7-5(10)4-6(11)8(17-7)16-2-3-18-9(12,13)14/h4H,2-3H2,1H3,(H2,15,16,17). The summed E-state index contributed by atoms with van der Waals surface area (Å²) < 4.78 is 35.7. The predicted octanol–water partition coefficient (Wildman–Crippen LogP) is 4.10. The summed E-state index contributed by atoms with van der Waals surface area (Å²) in [7, 11) is 1.63. The third-order valence-electron chi connectivity index (χ3n) is 1.83. The lowest BCUT2D eigenvalue weighted by molar-refractivity contribution is -0.0327. The molecule has 0 atom stereocenters. The number of rotatable bonds is 5. The van der Waals surface area contributed by atoms with Crippen molar-refractivity contribution in [3.8, 4) is 0 Å². The molecule has 0 bridgehead atoms. The lowest BCUT2D eigenvalue weighted by Gasteiger charge is -2.11. The van der Waals surface area contributed by atoms with Crippen molar-refractivity contribution in [2.24, 2.45) is 0 Å². The lowest BCUT2D eigenvalue weighted by Crippen LogP contribution is -2.11. The maximum Gasteiger partial charge on any atom is 0.441 e. The van der Waals surface area contributed by atoms with Crippen molar-refractivity contribution in [3.63, 3.8) is 0 Å². The molecule has 0 amide bonds. The van der Waals surface area contributed by atoms with Crippen LogP contribution in [0.25, 0.3) is 0 Å². The molecular formula is C9H10Cl2F3N3S. The van der Waals surface area contributed by atoms with Gasteiger partial charge >= 0.3 is 5.51 Å². The minimum absolute atomic E-state index is 0.0989. The normalized spacial score (nSPS) is 11.4. The highest BCUT2D eigenvalue weighted by Gasteiger charge is 2.27. The monoisotopic (exact) mass is 319 g/mol. The Labute approximate surface area is 116 Å². The molecule has 9 heteroatoms. The van der Waals surface area contributed by atoms with Crippen LogP contribution in [0.3, 0.4) is 0 Å². The Morgan fingerprint density at radius 2 is 1.89 bits per heavy atom. The van der Waals surface area contributed by atoms with Gasteiger partial charge in [-0.05, 0) is 17.8 Å². The first-order chi connectivity index (χ1) is 8.33. The van der Waals surface area contributed by atoms with Crippen molar-refractivity contribution in [2.75, 3.05) is 30.0 Å². The predicted molar refractivity (Wildman–Crippen MR) is 70.8 cm³/mol. The van der Waals surface area contributed by atoms with Gasteiger partial charge in [-0.1, -0.05) is 23.2 Å². The zero-order chi connectivity index (χ0) is 13.8. The van der Waals surface area contributed by atoms with Crippen LogP contribution in [-0.4, -0.2) is 29.8 Å². The number of pyridine rings is 1.